The van der Waals surface area contributed by atoms with Crippen LogP contribution in [-0.4, -0.2) is 29.5 Å². The number of fused-ring (bicyclic) bond motifs is 1. The van der Waals surface area contributed by atoms with E-state index in [1.165, 1.54) is 20.6 Å². The lowest BCUT2D eigenvalue weighted by Crippen LogP contribution is -2.41. The molecule has 0 unspecified atom stereocenters. The number of carbonyl (C=O) groups excluding carboxylic acids is 1. The van der Waals surface area contributed by atoms with Crippen LogP contribution in [0.1, 0.15) is 26.0 Å². The fourth-order valence-electron chi connectivity index (χ4n) is 2.85. The first-order valence-electron chi connectivity index (χ1n) is 8.22. The number of ketones is 1. The number of pyridine rings is 1. The van der Waals surface area contributed by atoms with Gasteiger partial charge in [0.1, 0.15) is 5.78 Å². The van der Waals surface area contributed by atoms with E-state index in [0.717, 1.165) is 0 Å². The van der Waals surface area contributed by atoms with Crippen molar-refractivity contribution in [2.24, 2.45) is 0 Å². The fraction of sp³-hybridized carbons (Fsp3) is 0.353. The zero-order valence-corrected chi connectivity index (χ0v) is 17.3. The van der Waals surface area contributed by atoms with Gasteiger partial charge in [0.15, 0.2) is 15.9 Å². The molecule has 3 rings (SSSR count). The summed E-state index contributed by atoms with van der Waals surface area (Å²) >= 11 is 3.30. The Balaban J connectivity index is 0.00000261. The first-order valence-corrected chi connectivity index (χ1v) is 9.02. The Bertz CT molecular complexity index is 1090. The second-order valence-electron chi connectivity index (χ2n) is 5.99. The highest BCUT2D eigenvalue weighted by Crippen LogP contribution is 2.17. The molecule has 8 nitrogen and oxygen atoms in total. The first-order chi connectivity index (χ1) is 12.4. The molecule has 0 saturated carbocycles. The lowest BCUT2D eigenvalue weighted by Gasteiger charge is -2.11. The average molecular weight is 457 g/mol. The number of imidazole rings is 1. The molecule has 0 aliphatic carbocycles. The summed E-state index contributed by atoms with van der Waals surface area (Å²) in [6, 6.07) is 5.42. The highest BCUT2D eigenvalue weighted by molar-refractivity contribution is 9.10. The van der Waals surface area contributed by atoms with Crippen LogP contribution in [-0.2, 0) is 24.4 Å². The minimum absolute atomic E-state index is 0. The maximum absolute atomic E-state index is 12.9. The molecule has 0 amide bonds. The van der Waals surface area contributed by atoms with Gasteiger partial charge >= 0.3 is 5.69 Å². The minimum atomic E-state index is -0.441. The molecule has 0 N–H and O–H groups in total. The van der Waals surface area contributed by atoms with Crippen LogP contribution in [0.2, 0.25) is 0 Å². The molecule has 0 bridgehead atoms. The standard InChI is InChI=1S/C17H18BrN5O3.ClH/c1-3-8-21-15(25)13-14(20-16(18)22(13)9-11(2)24)23(17(21)26)10-12-6-4-5-7-19-12;/h4-7H,3,8-10H2,1-2H3;1H. The third kappa shape index (κ3) is 4.03. The van der Waals surface area contributed by atoms with E-state index in [-0.39, 0.29) is 42.4 Å². The second-order valence-corrected chi connectivity index (χ2v) is 6.70. The van der Waals surface area contributed by atoms with E-state index in [9.17, 15) is 14.4 Å². The average Bonchev–Trinajstić information content (AvgIpc) is 2.92. The van der Waals surface area contributed by atoms with E-state index < -0.39 is 11.2 Å². The number of nitrogens with zero attached hydrogens (tertiary/aromatic N) is 5. The SMILES string of the molecule is CCCn1c(=O)c2c(nc(Br)n2CC(C)=O)n(Cc2ccccn2)c1=O.Cl. The van der Waals surface area contributed by atoms with Gasteiger partial charge in [-0.1, -0.05) is 13.0 Å². The molecule has 3 heterocycles. The zero-order valence-electron chi connectivity index (χ0n) is 14.9. The van der Waals surface area contributed by atoms with E-state index in [1.807, 2.05) is 13.0 Å². The van der Waals surface area contributed by atoms with Gasteiger partial charge in [-0.05, 0) is 41.4 Å². The summed E-state index contributed by atoms with van der Waals surface area (Å²) in [6.07, 6.45) is 2.27. The van der Waals surface area contributed by atoms with Crippen molar-refractivity contribution >= 4 is 45.3 Å². The summed E-state index contributed by atoms with van der Waals surface area (Å²) in [4.78, 5) is 46.0. The predicted octanol–water partition coefficient (Wildman–Crippen LogP) is 1.99. The molecule has 3 aromatic heterocycles. The van der Waals surface area contributed by atoms with Crippen LogP contribution in [0, 0.1) is 0 Å². The molecule has 0 radical (unpaired) electrons. The third-order valence-electron chi connectivity index (χ3n) is 3.94. The normalized spacial score (nSPS) is 10.8. The van der Waals surface area contributed by atoms with Crippen molar-refractivity contribution < 1.29 is 4.79 Å². The van der Waals surface area contributed by atoms with Crippen LogP contribution >= 0.6 is 28.3 Å². The van der Waals surface area contributed by atoms with Crippen molar-refractivity contribution in [3.8, 4) is 0 Å². The summed E-state index contributed by atoms with van der Waals surface area (Å²) in [5.74, 6) is -0.117. The number of aromatic nitrogens is 5. The van der Waals surface area contributed by atoms with Crippen molar-refractivity contribution in [3.63, 3.8) is 0 Å². The maximum Gasteiger partial charge on any atom is 0.333 e. The molecule has 0 aromatic carbocycles. The van der Waals surface area contributed by atoms with Gasteiger partial charge in [0.2, 0.25) is 0 Å². The molecule has 0 atom stereocenters. The Kier molecular flexibility index (Phi) is 6.72. The van der Waals surface area contributed by atoms with Crippen LogP contribution in [0.15, 0.2) is 38.7 Å². The molecule has 0 aliphatic rings. The Morgan fingerprint density at radius 2 is 1.93 bits per heavy atom. The van der Waals surface area contributed by atoms with Gasteiger partial charge in [-0.2, -0.15) is 0 Å². The molecule has 0 saturated heterocycles. The summed E-state index contributed by atoms with van der Waals surface area (Å²) in [5, 5.41) is 0. The first kappa shape index (κ1) is 21.0. The van der Waals surface area contributed by atoms with Gasteiger partial charge in [-0.15, -0.1) is 12.4 Å². The molecule has 3 aromatic rings. The van der Waals surface area contributed by atoms with Crippen molar-refractivity contribution in [1.82, 2.24) is 23.7 Å². The quantitative estimate of drug-likeness (QED) is 0.529. The van der Waals surface area contributed by atoms with Gasteiger partial charge in [0.25, 0.3) is 5.56 Å². The number of hydrogen-bond donors (Lipinski definition) is 0. The van der Waals surface area contributed by atoms with Crippen LogP contribution in [0.3, 0.4) is 0 Å². The van der Waals surface area contributed by atoms with Crippen molar-refractivity contribution in [2.75, 3.05) is 0 Å². The van der Waals surface area contributed by atoms with E-state index in [0.29, 0.717) is 23.4 Å². The lowest BCUT2D eigenvalue weighted by molar-refractivity contribution is -0.117. The second kappa shape index (κ2) is 8.62. The molecular weight excluding hydrogens is 438 g/mol. The maximum atomic E-state index is 12.9. The summed E-state index contributed by atoms with van der Waals surface area (Å²) in [7, 11) is 0. The number of halogens is 2. The molecule has 27 heavy (non-hydrogen) atoms. The largest absolute Gasteiger partial charge is 0.333 e. The number of Topliss-reactive ketones (excluding diaryl/α,β-unsaturated/α-hetero) is 1. The minimum Gasteiger partial charge on any atom is -0.305 e. The van der Waals surface area contributed by atoms with Gasteiger partial charge in [0, 0.05) is 12.7 Å². The van der Waals surface area contributed by atoms with E-state index in [4.69, 9.17) is 0 Å². The number of rotatable bonds is 6. The predicted molar refractivity (Wildman–Crippen MR) is 108 cm³/mol. The van der Waals surface area contributed by atoms with Crippen LogP contribution in [0.5, 0.6) is 0 Å². The van der Waals surface area contributed by atoms with E-state index in [1.54, 1.807) is 18.3 Å². The van der Waals surface area contributed by atoms with Crippen molar-refractivity contribution in [1.29, 1.82) is 0 Å². The molecular formula is C17H19BrClN5O3. The Morgan fingerprint density at radius 3 is 2.52 bits per heavy atom. The number of hydrogen-bond acceptors (Lipinski definition) is 5. The van der Waals surface area contributed by atoms with Crippen molar-refractivity contribution in [3.05, 3.63) is 55.7 Å². The van der Waals surface area contributed by atoms with Gasteiger partial charge in [-0.3, -0.25) is 23.7 Å². The summed E-state index contributed by atoms with van der Waals surface area (Å²) < 4.78 is 4.45. The molecule has 10 heteroatoms. The smallest absolute Gasteiger partial charge is 0.305 e. The topological polar surface area (TPSA) is 91.8 Å². The molecule has 0 spiro atoms. The van der Waals surface area contributed by atoms with Gasteiger partial charge < -0.3 is 4.57 Å². The highest BCUT2D eigenvalue weighted by atomic mass is 79.9. The van der Waals surface area contributed by atoms with E-state index in [2.05, 4.69) is 25.9 Å². The van der Waals surface area contributed by atoms with Crippen LogP contribution in [0.4, 0.5) is 0 Å². The van der Waals surface area contributed by atoms with Crippen molar-refractivity contribution in [2.45, 2.75) is 39.9 Å². The molecule has 0 aliphatic heterocycles. The van der Waals surface area contributed by atoms with Crippen LogP contribution in [0.25, 0.3) is 11.2 Å². The lowest BCUT2D eigenvalue weighted by atomic mass is 10.3. The Hall–Kier alpha value is -2.26. The summed E-state index contributed by atoms with van der Waals surface area (Å²) in [5.41, 5.74) is 0.274. The van der Waals surface area contributed by atoms with Gasteiger partial charge in [-0.25, -0.2) is 9.78 Å². The zero-order chi connectivity index (χ0) is 18.8. The highest BCUT2D eigenvalue weighted by Gasteiger charge is 2.21. The Morgan fingerprint density at radius 1 is 1.19 bits per heavy atom. The Labute approximate surface area is 169 Å². The number of carbonyl (C=O) groups is 1. The van der Waals surface area contributed by atoms with E-state index >= 15 is 0 Å². The summed E-state index contributed by atoms with van der Waals surface area (Å²) in [6.45, 7) is 3.80. The molecule has 0 fully saturated rings. The molecule has 144 valence electrons. The monoisotopic (exact) mass is 455 g/mol. The third-order valence-corrected chi connectivity index (χ3v) is 4.55. The van der Waals surface area contributed by atoms with Gasteiger partial charge in [0.05, 0.1) is 18.8 Å². The fourth-order valence-corrected chi connectivity index (χ4v) is 3.32. The van der Waals surface area contributed by atoms with Crippen LogP contribution < -0.4 is 11.2 Å².